The van der Waals surface area contributed by atoms with E-state index in [4.69, 9.17) is 4.74 Å². The first-order valence-corrected chi connectivity index (χ1v) is 10.3. The van der Waals surface area contributed by atoms with Crippen LogP contribution in [0.15, 0.2) is 54.6 Å². The van der Waals surface area contributed by atoms with Crippen molar-refractivity contribution >= 4 is 5.97 Å². The van der Waals surface area contributed by atoms with Crippen molar-refractivity contribution in [3.8, 4) is 0 Å². The molecule has 2 aliphatic rings. The number of quaternary nitrogens is 1. The average Bonchev–Trinajstić information content (AvgIpc) is 2.86. The van der Waals surface area contributed by atoms with Crippen LogP contribution in [0.25, 0.3) is 0 Å². The summed E-state index contributed by atoms with van der Waals surface area (Å²) in [4.78, 5) is 12.4. The fourth-order valence-corrected chi connectivity index (χ4v) is 5.12. The van der Waals surface area contributed by atoms with Crippen LogP contribution in [0.5, 0.6) is 0 Å². The Balaban J connectivity index is 0.00000225. The van der Waals surface area contributed by atoms with Gasteiger partial charge in [-0.3, -0.25) is 0 Å². The summed E-state index contributed by atoms with van der Waals surface area (Å²) in [5.74, 6) is -0.175. The molecule has 2 fully saturated rings. The van der Waals surface area contributed by atoms with Crippen molar-refractivity contribution in [3.63, 3.8) is 0 Å². The SMILES string of the molecule is CCc1ccc(C[N+]2(C)[C@@H]3CC[C@H]2CC(OC(=O)c2ccccc2)C3)cc1.[Br-]. The highest BCUT2D eigenvalue weighted by atomic mass is 79.9. The number of rotatable bonds is 5. The Bertz CT molecular complexity index is 776. The van der Waals surface area contributed by atoms with Crippen LogP contribution in [0.1, 0.15) is 54.1 Å². The van der Waals surface area contributed by atoms with Gasteiger partial charge in [0.1, 0.15) is 12.6 Å². The summed E-state index contributed by atoms with van der Waals surface area (Å²) >= 11 is 0. The van der Waals surface area contributed by atoms with E-state index in [1.165, 1.54) is 24.0 Å². The van der Waals surface area contributed by atoms with Crippen LogP contribution in [0, 0.1) is 0 Å². The van der Waals surface area contributed by atoms with Gasteiger partial charge in [0.05, 0.1) is 24.7 Å². The molecule has 2 aliphatic heterocycles. The molecule has 2 heterocycles. The van der Waals surface area contributed by atoms with Gasteiger partial charge in [0.15, 0.2) is 0 Å². The highest BCUT2D eigenvalue weighted by Crippen LogP contribution is 2.43. The van der Waals surface area contributed by atoms with E-state index in [1.807, 2.05) is 30.3 Å². The molecule has 2 unspecified atom stereocenters. The van der Waals surface area contributed by atoms with Gasteiger partial charge in [-0.1, -0.05) is 49.4 Å². The normalized spacial score (nSPS) is 28.4. The summed E-state index contributed by atoms with van der Waals surface area (Å²) in [6.45, 7) is 3.28. The Morgan fingerprint density at radius 1 is 0.964 bits per heavy atom. The summed E-state index contributed by atoms with van der Waals surface area (Å²) in [7, 11) is 2.41. The zero-order valence-electron chi connectivity index (χ0n) is 16.8. The topological polar surface area (TPSA) is 26.3 Å². The van der Waals surface area contributed by atoms with Crippen LogP contribution >= 0.6 is 0 Å². The number of aryl methyl sites for hydroxylation is 1. The molecule has 0 spiro atoms. The second kappa shape index (κ2) is 8.79. The van der Waals surface area contributed by atoms with Crippen molar-refractivity contribution < 1.29 is 31.0 Å². The third kappa shape index (κ3) is 4.18. The molecular formula is C24H30BrNO2. The summed E-state index contributed by atoms with van der Waals surface area (Å²) in [6, 6.07) is 19.7. The quantitative estimate of drug-likeness (QED) is 0.519. The maximum absolute atomic E-state index is 12.4. The van der Waals surface area contributed by atoms with E-state index in [0.29, 0.717) is 17.6 Å². The van der Waals surface area contributed by atoms with Crippen LogP contribution in [0.2, 0.25) is 0 Å². The molecule has 0 aliphatic carbocycles. The minimum Gasteiger partial charge on any atom is -1.00 e. The lowest BCUT2D eigenvalue weighted by Gasteiger charge is -2.47. The monoisotopic (exact) mass is 443 g/mol. The van der Waals surface area contributed by atoms with Crippen molar-refractivity contribution in [3.05, 3.63) is 71.3 Å². The Hall–Kier alpha value is -1.65. The molecule has 4 atom stereocenters. The minimum absolute atomic E-state index is 0. The van der Waals surface area contributed by atoms with Crippen LogP contribution in [0.3, 0.4) is 0 Å². The number of halogens is 1. The lowest BCUT2D eigenvalue weighted by atomic mass is 9.95. The molecule has 0 aromatic heterocycles. The number of piperidine rings is 1. The van der Waals surface area contributed by atoms with E-state index in [1.54, 1.807) is 0 Å². The van der Waals surface area contributed by atoms with E-state index >= 15 is 0 Å². The summed E-state index contributed by atoms with van der Waals surface area (Å²) in [5.41, 5.74) is 3.48. The summed E-state index contributed by atoms with van der Waals surface area (Å²) < 4.78 is 6.99. The van der Waals surface area contributed by atoms with Crippen LogP contribution < -0.4 is 17.0 Å². The highest BCUT2D eigenvalue weighted by Gasteiger charge is 2.52. The summed E-state index contributed by atoms with van der Waals surface area (Å²) in [6.07, 6.45) is 5.61. The van der Waals surface area contributed by atoms with Gasteiger partial charge in [0.2, 0.25) is 0 Å². The highest BCUT2D eigenvalue weighted by molar-refractivity contribution is 5.89. The first kappa shape index (κ1) is 21.1. The number of ether oxygens (including phenoxy) is 1. The number of hydrogen-bond donors (Lipinski definition) is 0. The molecule has 150 valence electrons. The van der Waals surface area contributed by atoms with Crippen molar-refractivity contribution in [2.45, 2.75) is 63.8 Å². The lowest BCUT2D eigenvalue weighted by molar-refractivity contribution is -0.961. The van der Waals surface area contributed by atoms with Crippen LogP contribution in [-0.2, 0) is 17.7 Å². The number of nitrogens with zero attached hydrogens (tertiary/aromatic N) is 1. The van der Waals surface area contributed by atoms with E-state index < -0.39 is 0 Å². The van der Waals surface area contributed by atoms with E-state index in [9.17, 15) is 4.79 Å². The average molecular weight is 444 g/mol. The fourth-order valence-electron chi connectivity index (χ4n) is 5.12. The minimum atomic E-state index is -0.175. The zero-order chi connectivity index (χ0) is 18.9. The first-order chi connectivity index (χ1) is 13.1. The standard InChI is InChI=1S/C24H30NO2.BrH/c1-3-18-9-11-19(12-10-18)17-25(2)21-13-14-22(25)16-23(15-21)27-24(26)20-7-5-4-6-8-20;/h4-12,21-23H,3,13-17H2,1-2H3;1H/q+1;/p-1/t21-,22+,23?,25?;. The molecule has 2 bridgehead atoms. The number of esters is 1. The second-order valence-corrected chi connectivity index (χ2v) is 8.42. The van der Waals surface area contributed by atoms with Gasteiger partial charge in [0, 0.05) is 31.2 Å². The molecule has 2 saturated heterocycles. The number of hydrogen-bond acceptors (Lipinski definition) is 2. The van der Waals surface area contributed by atoms with Crippen molar-refractivity contribution in [2.75, 3.05) is 7.05 Å². The van der Waals surface area contributed by atoms with Gasteiger partial charge < -0.3 is 26.2 Å². The smallest absolute Gasteiger partial charge is 0.338 e. The van der Waals surface area contributed by atoms with Gasteiger partial charge in [0.25, 0.3) is 0 Å². The van der Waals surface area contributed by atoms with Gasteiger partial charge in [-0.15, -0.1) is 0 Å². The van der Waals surface area contributed by atoms with E-state index in [-0.39, 0.29) is 29.1 Å². The molecule has 0 saturated carbocycles. The van der Waals surface area contributed by atoms with Crippen LogP contribution in [0.4, 0.5) is 0 Å². The fraction of sp³-hybridized carbons (Fsp3) is 0.458. The number of carbonyl (C=O) groups excluding carboxylic acids is 1. The molecule has 0 amide bonds. The van der Waals surface area contributed by atoms with Crippen LogP contribution in [-0.4, -0.2) is 35.7 Å². The van der Waals surface area contributed by atoms with E-state index in [0.717, 1.165) is 30.3 Å². The van der Waals surface area contributed by atoms with Gasteiger partial charge in [-0.25, -0.2) is 4.79 Å². The maximum Gasteiger partial charge on any atom is 0.338 e. The molecule has 28 heavy (non-hydrogen) atoms. The Morgan fingerprint density at radius 3 is 2.11 bits per heavy atom. The molecule has 4 heteroatoms. The molecule has 2 aromatic carbocycles. The number of carbonyl (C=O) groups is 1. The molecule has 0 N–H and O–H groups in total. The van der Waals surface area contributed by atoms with E-state index in [2.05, 4.69) is 38.2 Å². The van der Waals surface area contributed by atoms with Gasteiger partial charge in [-0.05, 0) is 24.1 Å². The molecule has 2 aromatic rings. The largest absolute Gasteiger partial charge is 1.00 e. The number of benzene rings is 2. The summed E-state index contributed by atoms with van der Waals surface area (Å²) in [5, 5.41) is 0. The predicted molar refractivity (Wildman–Crippen MR) is 107 cm³/mol. The predicted octanol–water partition coefficient (Wildman–Crippen LogP) is 1.75. The van der Waals surface area contributed by atoms with Gasteiger partial charge >= 0.3 is 5.97 Å². The number of fused-ring (bicyclic) bond motifs is 2. The lowest BCUT2D eigenvalue weighted by Crippen LogP contribution is -3.00. The van der Waals surface area contributed by atoms with Crippen molar-refractivity contribution in [1.82, 2.24) is 0 Å². The molecular weight excluding hydrogens is 414 g/mol. The van der Waals surface area contributed by atoms with Crippen molar-refractivity contribution in [1.29, 1.82) is 0 Å². The van der Waals surface area contributed by atoms with Gasteiger partial charge in [-0.2, -0.15) is 0 Å². The third-order valence-electron chi connectivity index (χ3n) is 6.81. The molecule has 4 rings (SSSR count). The van der Waals surface area contributed by atoms with Crippen molar-refractivity contribution in [2.24, 2.45) is 0 Å². The second-order valence-electron chi connectivity index (χ2n) is 8.42. The molecule has 3 nitrogen and oxygen atoms in total. The zero-order valence-corrected chi connectivity index (χ0v) is 18.4. The Kier molecular flexibility index (Phi) is 6.61. The Morgan fingerprint density at radius 2 is 1.54 bits per heavy atom. The Labute approximate surface area is 179 Å². The first-order valence-electron chi connectivity index (χ1n) is 10.3. The third-order valence-corrected chi connectivity index (χ3v) is 6.81. The maximum atomic E-state index is 12.4. The molecule has 0 radical (unpaired) electrons.